The van der Waals surface area contributed by atoms with E-state index in [-0.39, 0.29) is 58.3 Å². The molecule has 19 nitrogen and oxygen atoms in total. The Kier molecular flexibility index (Phi) is 18.8. The van der Waals surface area contributed by atoms with Crippen LogP contribution in [-0.4, -0.2) is 148 Å². The molecule has 6 amide bonds. The molecular weight excluding hydrogens is 610 g/mol. The van der Waals surface area contributed by atoms with Gasteiger partial charge in [-0.1, -0.05) is 0 Å². The molecule has 0 aromatic heterocycles. The van der Waals surface area contributed by atoms with Crippen LogP contribution < -0.4 is 32.3 Å². The van der Waals surface area contributed by atoms with Crippen LogP contribution in [0.2, 0.25) is 0 Å². The molecule has 19 heteroatoms. The van der Waals surface area contributed by atoms with Crippen LogP contribution in [0.3, 0.4) is 0 Å². The largest absolute Gasteiger partial charge is 0.394 e. The number of hydrogen-bond donors (Lipinski definition) is 10. The zero-order chi connectivity index (χ0) is 34.8. The second-order valence-electron chi connectivity index (χ2n) is 11.0. The lowest BCUT2D eigenvalue weighted by Crippen LogP contribution is -2.57. The minimum atomic E-state index is -1.46. The summed E-state index contributed by atoms with van der Waals surface area (Å²) in [6.07, 6.45) is 2.15. The normalized spacial score (nSPS) is 17.3. The van der Waals surface area contributed by atoms with E-state index in [2.05, 4.69) is 26.6 Å². The van der Waals surface area contributed by atoms with E-state index < -0.39 is 72.3 Å². The summed E-state index contributed by atoms with van der Waals surface area (Å²) >= 11 is 0. The Hall–Kier alpha value is -3.46. The van der Waals surface area contributed by atoms with E-state index in [1.165, 1.54) is 21.0 Å². The van der Waals surface area contributed by atoms with Crippen LogP contribution >= 0.6 is 0 Å². The van der Waals surface area contributed by atoms with Gasteiger partial charge in [-0.2, -0.15) is 0 Å². The number of likely N-dealkylation sites (N-methyl/N-ethyl adjacent to an activating group) is 2. The number of carbonyl (C=O) groups is 6. The van der Waals surface area contributed by atoms with Crippen LogP contribution in [-0.2, 0) is 28.8 Å². The Labute approximate surface area is 268 Å². The van der Waals surface area contributed by atoms with Crippen molar-refractivity contribution in [1.82, 2.24) is 41.8 Å². The number of aliphatic hydroxyl groups excluding tert-OH is 1. The lowest BCUT2D eigenvalue weighted by Gasteiger charge is -2.29. The van der Waals surface area contributed by atoms with Gasteiger partial charge in [0.2, 0.25) is 23.6 Å². The first kappa shape index (κ1) is 40.6. The third-order valence-corrected chi connectivity index (χ3v) is 7.53. The maximum Gasteiger partial charge on any atom is 0.270 e. The lowest BCUT2D eigenvalue weighted by atomic mass is 10.0. The Morgan fingerprint density at radius 1 is 0.870 bits per heavy atom. The van der Waals surface area contributed by atoms with Gasteiger partial charge < -0.3 is 37.4 Å². The number of hydrogen-bond acceptors (Lipinski definition) is 13. The molecule has 0 aromatic carbocycles. The van der Waals surface area contributed by atoms with Crippen molar-refractivity contribution in [3.63, 3.8) is 0 Å². The molecule has 1 rings (SSSR count). The molecule has 46 heavy (non-hydrogen) atoms. The number of nitrogens with two attached hydrogens (primary N) is 1. The van der Waals surface area contributed by atoms with Gasteiger partial charge in [0.25, 0.3) is 11.8 Å². The number of aliphatic hydroxyl groups is 1. The van der Waals surface area contributed by atoms with Crippen molar-refractivity contribution in [3.05, 3.63) is 0 Å². The summed E-state index contributed by atoms with van der Waals surface area (Å²) in [7, 11) is 3.02. The number of piperidine rings is 1. The molecule has 1 heterocycles. The van der Waals surface area contributed by atoms with E-state index in [0.29, 0.717) is 34.5 Å². The van der Waals surface area contributed by atoms with Crippen molar-refractivity contribution >= 4 is 35.4 Å². The second-order valence-corrected chi connectivity index (χ2v) is 11.0. The van der Waals surface area contributed by atoms with Gasteiger partial charge in [0.05, 0.1) is 18.7 Å². The fourth-order valence-corrected chi connectivity index (χ4v) is 4.74. The third kappa shape index (κ3) is 13.5. The molecule has 0 aliphatic carbocycles. The van der Waals surface area contributed by atoms with Crippen LogP contribution in [0.4, 0.5) is 0 Å². The number of hydroxylamine groups is 6. The Bertz CT molecular complexity index is 1020. The van der Waals surface area contributed by atoms with Gasteiger partial charge in [0, 0.05) is 26.6 Å². The minimum Gasteiger partial charge on any atom is -0.394 e. The van der Waals surface area contributed by atoms with Gasteiger partial charge in [-0.05, 0) is 72.0 Å². The van der Waals surface area contributed by atoms with Gasteiger partial charge in [0.1, 0.15) is 18.1 Å². The standard InChI is InChI=1S/C27H51N9O10/c1-17(38)34(44)13-5-9-19(30-3)24(40)33-22(16-37)27(43)36(46)14-6-10-18(29-2)23(39)31-20(8-4-12-28)25(41)32-21-11-7-15-35(45)26(21)42/h18-22,29-30,37,44-46H,4-16,28H2,1-3H3,(H,31,39)(H,32,41)(H,33,40). The van der Waals surface area contributed by atoms with E-state index in [1.807, 2.05) is 0 Å². The van der Waals surface area contributed by atoms with Crippen molar-refractivity contribution < 1.29 is 49.5 Å². The maximum atomic E-state index is 13.0. The molecule has 5 unspecified atom stereocenters. The number of rotatable bonds is 21. The van der Waals surface area contributed by atoms with Gasteiger partial charge >= 0.3 is 0 Å². The molecule has 1 saturated heterocycles. The summed E-state index contributed by atoms with van der Waals surface area (Å²) in [5.41, 5.74) is 5.59. The van der Waals surface area contributed by atoms with Crippen molar-refractivity contribution in [3.8, 4) is 0 Å². The van der Waals surface area contributed by atoms with Crippen LogP contribution in [0.5, 0.6) is 0 Å². The summed E-state index contributed by atoms with van der Waals surface area (Å²) in [5, 5.41) is 53.7. The van der Waals surface area contributed by atoms with Gasteiger partial charge in [-0.15, -0.1) is 0 Å². The first-order valence-electron chi connectivity index (χ1n) is 15.3. The summed E-state index contributed by atoms with van der Waals surface area (Å²) in [6.45, 7) is 0.555. The minimum absolute atomic E-state index is 0.00822. The Balaban J connectivity index is 2.67. The molecule has 1 aliphatic heterocycles. The number of nitrogens with zero attached hydrogens (tertiary/aromatic N) is 3. The van der Waals surface area contributed by atoms with Crippen LogP contribution in [0.25, 0.3) is 0 Å². The highest BCUT2D eigenvalue weighted by Gasteiger charge is 2.33. The topological polar surface area (TPSA) is 279 Å². The zero-order valence-electron chi connectivity index (χ0n) is 26.7. The number of nitrogens with one attached hydrogen (secondary N) is 5. The Morgan fingerprint density at radius 2 is 1.39 bits per heavy atom. The molecule has 1 aliphatic rings. The summed E-state index contributed by atoms with van der Waals surface area (Å²) in [5.74, 6) is -3.94. The quantitative estimate of drug-likeness (QED) is 0.0421. The number of amides is 6. The highest BCUT2D eigenvalue weighted by Crippen LogP contribution is 2.11. The zero-order valence-corrected chi connectivity index (χ0v) is 26.7. The molecule has 264 valence electrons. The first-order chi connectivity index (χ1) is 21.8. The van der Waals surface area contributed by atoms with Crippen molar-refractivity contribution in [2.45, 2.75) is 88.5 Å². The smallest absolute Gasteiger partial charge is 0.270 e. The molecule has 0 aromatic rings. The highest BCUT2D eigenvalue weighted by molar-refractivity contribution is 5.93. The predicted octanol–water partition coefficient (Wildman–Crippen LogP) is -3.62. The molecule has 11 N–H and O–H groups in total. The fraction of sp³-hybridized carbons (Fsp3) is 0.778. The fourth-order valence-electron chi connectivity index (χ4n) is 4.74. The van der Waals surface area contributed by atoms with E-state index in [9.17, 15) is 49.5 Å². The molecule has 1 fully saturated rings. The van der Waals surface area contributed by atoms with Crippen LogP contribution in [0, 0.1) is 0 Å². The van der Waals surface area contributed by atoms with Crippen LogP contribution in [0.1, 0.15) is 58.3 Å². The lowest BCUT2D eigenvalue weighted by molar-refractivity contribution is -0.173. The molecule has 0 saturated carbocycles. The highest BCUT2D eigenvalue weighted by atomic mass is 16.5. The SMILES string of the molecule is CNC(CCCN(O)C(=O)C(CO)NC(=O)C(CCCN(O)C(C)=O)NC)C(=O)NC(CCCN)C(=O)NC1CCCN(O)C1=O. The monoisotopic (exact) mass is 661 g/mol. The van der Waals surface area contributed by atoms with Gasteiger partial charge in [0.15, 0.2) is 0 Å². The molecule has 0 bridgehead atoms. The van der Waals surface area contributed by atoms with Gasteiger partial charge in [-0.25, -0.2) is 15.2 Å². The van der Waals surface area contributed by atoms with Crippen LogP contribution in [0.15, 0.2) is 0 Å². The first-order valence-corrected chi connectivity index (χ1v) is 15.3. The number of carbonyl (C=O) groups excluding carboxylic acids is 6. The molecule has 5 atom stereocenters. The van der Waals surface area contributed by atoms with E-state index >= 15 is 0 Å². The molecular formula is C27H51N9O10. The predicted molar refractivity (Wildman–Crippen MR) is 161 cm³/mol. The van der Waals surface area contributed by atoms with Crippen molar-refractivity contribution in [1.29, 1.82) is 0 Å². The van der Waals surface area contributed by atoms with Gasteiger partial charge in [-0.3, -0.25) is 44.4 Å². The van der Waals surface area contributed by atoms with Crippen molar-refractivity contribution in [2.24, 2.45) is 5.73 Å². The van der Waals surface area contributed by atoms with Crippen molar-refractivity contribution in [2.75, 3.05) is 46.9 Å². The molecule has 0 spiro atoms. The average molecular weight is 662 g/mol. The maximum absolute atomic E-state index is 13.0. The van der Waals surface area contributed by atoms with E-state index in [0.717, 1.165) is 0 Å². The summed E-state index contributed by atoms with van der Waals surface area (Å²) in [4.78, 5) is 74.6. The average Bonchev–Trinajstić information content (AvgIpc) is 3.03. The van der Waals surface area contributed by atoms with E-state index in [1.54, 1.807) is 0 Å². The molecule has 0 radical (unpaired) electrons. The summed E-state index contributed by atoms with van der Waals surface area (Å²) in [6, 6.07) is -5.02. The van der Waals surface area contributed by atoms with E-state index in [4.69, 9.17) is 5.73 Å². The summed E-state index contributed by atoms with van der Waals surface area (Å²) < 4.78 is 0. The Morgan fingerprint density at radius 3 is 1.89 bits per heavy atom. The third-order valence-electron chi connectivity index (χ3n) is 7.53. The second kappa shape index (κ2) is 21.4.